The van der Waals surface area contributed by atoms with Gasteiger partial charge in [-0.05, 0) is 31.9 Å². The highest BCUT2D eigenvalue weighted by atomic mass is 16.5. The van der Waals surface area contributed by atoms with Crippen molar-refractivity contribution in [1.29, 1.82) is 0 Å². The molecule has 0 bridgehead atoms. The Kier molecular flexibility index (Phi) is 5.40. The SMILES string of the molecule is Cc1cccc(C)c1OC[C@H](O)CN1CCO[C@H](C)C1. The van der Waals surface area contributed by atoms with Crippen LogP contribution in [-0.2, 0) is 4.74 Å². The molecule has 0 unspecified atom stereocenters. The van der Waals surface area contributed by atoms with Crippen LogP contribution in [0.25, 0.3) is 0 Å². The Morgan fingerprint density at radius 3 is 2.75 bits per heavy atom. The number of rotatable bonds is 5. The second-order valence-electron chi connectivity index (χ2n) is 5.63. The summed E-state index contributed by atoms with van der Waals surface area (Å²) in [5.74, 6) is 0.891. The number of aliphatic hydroxyl groups excluding tert-OH is 1. The monoisotopic (exact) mass is 279 g/mol. The number of hydrogen-bond acceptors (Lipinski definition) is 4. The van der Waals surface area contributed by atoms with E-state index in [1.165, 1.54) is 0 Å². The van der Waals surface area contributed by atoms with Gasteiger partial charge in [-0.25, -0.2) is 0 Å². The lowest BCUT2D eigenvalue weighted by atomic mass is 10.1. The zero-order valence-corrected chi connectivity index (χ0v) is 12.6. The van der Waals surface area contributed by atoms with Crippen molar-refractivity contribution >= 4 is 0 Å². The van der Waals surface area contributed by atoms with E-state index in [-0.39, 0.29) is 6.10 Å². The van der Waals surface area contributed by atoms with Crippen LogP contribution in [0.15, 0.2) is 18.2 Å². The van der Waals surface area contributed by atoms with Crippen LogP contribution < -0.4 is 4.74 Å². The maximum absolute atomic E-state index is 10.1. The van der Waals surface area contributed by atoms with Gasteiger partial charge in [0.25, 0.3) is 0 Å². The summed E-state index contributed by atoms with van der Waals surface area (Å²) in [5, 5.41) is 10.1. The zero-order valence-electron chi connectivity index (χ0n) is 12.6. The second kappa shape index (κ2) is 7.07. The van der Waals surface area contributed by atoms with Crippen LogP contribution in [-0.4, -0.2) is 55.1 Å². The van der Waals surface area contributed by atoms with Crippen molar-refractivity contribution in [3.05, 3.63) is 29.3 Å². The highest BCUT2D eigenvalue weighted by molar-refractivity contribution is 5.39. The molecule has 20 heavy (non-hydrogen) atoms. The maximum atomic E-state index is 10.1. The number of morpholine rings is 1. The number of hydrogen-bond donors (Lipinski definition) is 1. The lowest BCUT2D eigenvalue weighted by Crippen LogP contribution is -2.45. The fourth-order valence-electron chi connectivity index (χ4n) is 2.61. The first-order valence-corrected chi connectivity index (χ1v) is 7.27. The third-order valence-corrected chi connectivity index (χ3v) is 3.62. The fourth-order valence-corrected chi connectivity index (χ4v) is 2.61. The van der Waals surface area contributed by atoms with Crippen LogP contribution in [0.4, 0.5) is 0 Å². The number of β-amino-alcohol motifs (C(OH)–C–C–N with tert-alkyl or cyclic N) is 1. The van der Waals surface area contributed by atoms with Crippen molar-refractivity contribution in [2.75, 3.05) is 32.8 Å². The lowest BCUT2D eigenvalue weighted by molar-refractivity contribution is -0.0361. The molecule has 0 saturated carbocycles. The van der Waals surface area contributed by atoms with E-state index in [0.717, 1.165) is 36.6 Å². The standard InChI is InChI=1S/C16H25NO3/c1-12-5-4-6-13(2)16(12)20-11-15(18)10-17-7-8-19-14(3)9-17/h4-6,14-15,18H,7-11H2,1-3H3/t14-,15-/m1/s1. The molecular weight excluding hydrogens is 254 g/mol. The third kappa shape index (κ3) is 4.20. The van der Waals surface area contributed by atoms with E-state index >= 15 is 0 Å². The normalized spacial score (nSPS) is 21.7. The molecule has 1 aromatic rings. The Bertz CT molecular complexity index is 415. The van der Waals surface area contributed by atoms with Crippen LogP contribution in [0.2, 0.25) is 0 Å². The lowest BCUT2D eigenvalue weighted by Gasteiger charge is -2.32. The third-order valence-electron chi connectivity index (χ3n) is 3.62. The molecule has 0 aliphatic carbocycles. The quantitative estimate of drug-likeness (QED) is 0.892. The van der Waals surface area contributed by atoms with Crippen molar-refractivity contribution in [3.63, 3.8) is 0 Å². The molecule has 0 aromatic heterocycles. The molecule has 2 atom stereocenters. The van der Waals surface area contributed by atoms with E-state index in [1.54, 1.807) is 0 Å². The first-order valence-electron chi connectivity index (χ1n) is 7.27. The average Bonchev–Trinajstić information content (AvgIpc) is 2.38. The summed E-state index contributed by atoms with van der Waals surface area (Å²) >= 11 is 0. The molecule has 1 aromatic carbocycles. The summed E-state index contributed by atoms with van der Waals surface area (Å²) < 4.78 is 11.3. The molecule has 4 heteroatoms. The number of aryl methyl sites for hydroxylation is 2. The van der Waals surface area contributed by atoms with Gasteiger partial charge in [-0.3, -0.25) is 4.90 Å². The predicted octanol–water partition coefficient (Wildman–Crippen LogP) is 1.76. The van der Waals surface area contributed by atoms with Crippen LogP contribution in [0.5, 0.6) is 5.75 Å². The first-order chi connectivity index (χ1) is 9.56. The molecule has 1 aliphatic heterocycles. The van der Waals surface area contributed by atoms with Crippen LogP contribution in [0.3, 0.4) is 0 Å². The summed E-state index contributed by atoms with van der Waals surface area (Å²) in [5.41, 5.74) is 2.22. The predicted molar refractivity (Wildman–Crippen MR) is 79.3 cm³/mol. The first kappa shape index (κ1) is 15.3. The second-order valence-corrected chi connectivity index (χ2v) is 5.63. The van der Waals surface area contributed by atoms with Gasteiger partial charge in [0.1, 0.15) is 18.5 Å². The van der Waals surface area contributed by atoms with Crippen molar-refractivity contribution < 1.29 is 14.6 Å². The van der Waals surface area contributed by atoms with E-state index in [0.29, 0.717) is 13.2 Å². The minimum Gasteiger partial charge on any atom is -0.490 e. The van der Waals surface area contributed by atoms with Crippen LogP contribution in [0, 0.1) is 13.8 Å². The highest BCUT2D eigenvalue weighted by Gasteiger charge is 2.19. The zero-order chi connectivity index (χ0) is 14.5. The number of aliphatic hydroxyl groups is 1. The largest absolute Gasteiger partial charge is 0.490 e. The molecule has 1 fully saturated rings. The molecule has 1 N–H and O–H groups in total. The van der Waals surface area contributed by atoms with Gasteiger partial charge >= 0.3 is 0 Å². The highest BCUT2D eigenvalue weighted by Crippen LogP contribution is 2.22. The van der Waals surface area contributed by atoms with Crippen molar-refractivity contribution in [3.8, 4) is 5.75 Å². The number of para-hydroxylation sites is 1. The van der Waals surface area contributed by atoms with E-state index in [9.17, 15) is 5.11 Å². The van der Waals surface area contributed by atoms with Gasteiger partial charge in [-0.1, -0.05) is 18.2 Å². The molecular formula is C16H25NO3. The van der Waals surface area contributed by atoms with E-state index in [2.05, 4.69) is 11.8 Å². The Morgan fingerprint density at radius 2 is 2.10 bits per heavy atom. The Balaban J connectivity index is 1.81. The summed E-state index contributed by atoms with van der Waals surface area (Å²) in [6, 6.07) is 6.07. The summed E-state index contributed by atoms with van der Waals surface area (Å²) in [6.07, 6.45) is -0.227. The molecule has 1 heterocycles. The topological polar surface area (TPSA) is 41.9 Å². The van der Waals surface area contributed by atoms with Gasteiger partial charge in [0.2, 0.25) is 0 Å². The van der Waals surface area contributed by atoms with Gasteiger partial charge < -0.3 is 14.6 Å². The van der Waals surface area contributed by atoms with E-state index < -0.39 is 6.10 Å². The molecule has 0 amide bonds. The van der Waals surface area contributed by atoms with Crippen molar-refractivity contribution in [2.45, 2.75) is 33.0 Å². The van der Waals surface area contributed by atoms with Gasteiger partial charge in [-0.2, -0.15) is 0 Å². The minimum absolute atomic E-state index is 0.246. The van der Waals surface area contributed by atoms with E-state index in [1.807, 2.05) is 32.0 Å². The molecule has 4 nitrogen and oxygen atoms in total. The number of nitrogens with zero attached hydrogens (tertiary/aromatic N) is 1. The summed E-state index contributed by atoms with van der Waals surface area (Å²) in [7, 11) is 0. The van der Waals surface area contributed by atoms with Crippen molar-refractivity contribution in [2.24, 2.45) is 0 Å². The molecule has 1 saturated heterocycles. The smallest absolute Gasteiger partial charge is 0.125 e. The number of ether oxygens (including phenoxy) is 2. The van der Waals surface area contributed by atoms with Gasteiger partial charge in [-0.15, -0.1) is 0 Å². The van der Waals surface area contributed by atoms with Gasteiger partial charge in [0, 0.05) is 19.6 Å². The van der Waals surface area contributed by atoms with Crippen molar-refractivity contribution in [1.82, 2.24) is 4.90 Å². The van der Waals surface area contributed by atoms with Crippen LogP contribution >= 0.6 is 0 Å². The summed E-state index contributed by atoms with van der Waals surface area (Å²) in [6.45, 7) is 9.58. The Morgan fingerprint density at radius 1 is 1.40 bits per heavy atom. The number of benzene rings is 1. The van der Waals surface area contributed by atoms with Gasteiger partial charge in [0.05, 0.1) is 12.7 Å². The fraction of sp³-hybridized carbons (Fsp3) is 0.625. The molecule has 2 rings (SSSR count). The molecule has 0 radical (unpaired) electrons. The summed E-state index contributed by atoms with van der Waals surface area (Å²) in [4.78, 5) is 2.23. The van der Waals surface area contributed by atoms with E-state index in [4.69, 9.17) is 9.47 Å². The Hall–Kier alpha value is -1.10. The molecule has 1 aliphatic rings. The Labute approximate surface area is 121 Å². The maximum Gasteiger partial charge on any atom is 0.125 e. The molecule has 0 spiro atoms. The molecule has 112 valence electrons. The average molecular weight is 279 g/mol. The van der Waals surface area contributed by atoms with Gasteiger partial charge in [0.15, 0.2) is 0 Å². The minimum atomic E-state index is -0.473. The van der Waals surface area contributed by atoms with Crippen LogP contribution in [0.1, 0.15) is 18.1 Å².